The van der Waals surface area contributed by atoms with Crippen LogP contribution >= 0.6 is 0 Å². The highest BCUT2D eigenvalue weighted by molar-refractivity contribution is 5.83. The van der Waals surface area contributed by atoms with Crippen LogP contribution in [0.4, 0.5) is 0 Å². The van der Waals surface area contributed by atoms with Crippen LogP contribution in [0.3, 0.4) is 0 Å². The Bertz CT molecular complexity index is 69.2. The van der Waals surface area contributed by atoms with Crippen LogP contribution in [0.2, 0.25) is 0 Å². The van der Waals surface area contributed by atoms with E-state index in [1.165, 1.54) is 6.92 Å². The van der Waals surface area contributed by atoms with E-state index in [4.69, 9.17) is 0 Å². The summed E-state index contributed by atoms with van der Waals surface area (Å²) in [6, 6.07) is 0. The molecule has 6 heavy (non-hydrogen) atoms. The van der Waals surface area contributed by atoms with Crippen molar-refractivity contribution in [3.8, 4) is 0 Å². The quantitative estimate of drug-likeness (QED) is 0.429. The maximum atomic E-state index is 9.70. The number of carbonyl (C=O) groups excluding carboxylic acids is 2. The second-order valence-corrected chi connectivity index (χ2v) is 0.818. The third kappa shape index (κ3) is 3.14. The molecule has 0 saturated heterocycles. The molecule has 0 aromatic rings. The molecule has 0 aromatic carbocycles. The van der Waals surface area contributed by atoms with Crippen LogP contribution in [-0.4, -0.2) is 12.3 Å². The molecule has 3 heteroatoms. The fraction of sp³-hybridized carbons (Fsp3) is 0.333. The first kappa shape index (κ1) is 5.14. The van der Waals surface area contributed by atoms with E-state index in [1.54, 1.807) is 0 Å². The Morgan fingerprint density at radius 3 is 2.33 bits per heavy atom. The third-order valence-corrected chi connectivity index (χ3v) is 0.262. The topological polar surface area (TPSA) is 46.2 Å². The van der Waals surface area contributed by atoms with E-state index in [2.05, 4.69) is 0 Å². The first-order chi connectivity index (χ1) is 2.77. The Morgan fingerprint density at radius 1 is 1.83 bits per heavy atom. The van der Waals surface area contributed by atoms with Gasteiger partial charge in [0.15, 0.2) is 0 Å². The lowest BCUT2D eigenvalue weighted by atomic mass is 10.7. The lowest BCUT2D eigenvalue weighted by Gasteiger charge is -1.79. The molecular weight excluding hydrogens is 82.0 g/mol. The van der Waals surface area contributed by atoms with E-state index >= 15 is 0 Å². The summed E-state index contributed by atoms with van der Waals surface area (Å²) in [6.45, 7) is 1.27. The summed E-state index contributed by atoms with van der Waals surface area (Å²) in [5.41, 5.74) is 0. The minimum Gasteiger partial charge on any atom is -0.299 e. The zero-order chi connectivity index (χ0) is 4.99. The molecule has 0 fully saturated rings. The van der Waals surface area contributed by atoms with Crippen LogP contribution in [0.25, 0.3) is 0 Å². The molecule has 0 radical (unpaired) electrons. The molecular formula is C3H5NO2. The summed E-state index contributed by atoms with van der Waals surface area (Å²) in [5.74, 6) is -0.329. The van der Waals surface area contributed by atoms with E-state index in [9.17, 15) is 9.59 Å². The third-order valence-electron chi connectivity index (χ3n) is 0.262. The van der Waals surface area contributed by atoms with Gasteiger partial charge in [-0.1, -0.05) is 0 Å². The van der Waals surface area contributed by atoms with Gasteiger partial charge in [-0.05, 0) is 0 Å². The Morgan fingerprint density at radius 2 is 2.33 bits per heavy atom. The van der Waals surface area contributed by atoms with Crippen molar-refractivity contribution in [2.45, 2.75) is 6.92 Å². The summed E-state index contributed by atoms with van der Waals surface area (Å²) in [6.07, 6.45) is 0.350. The van der Waals surface area contributed by atoms with E-state index in [0.29, 0.717) is 6.41 Å². The van der Waals surface area contributed by atoms with E-state index in [0.717, 1.165) is 0 Å². The first-order valence-electron chi connectivity index (χ1n) is 1.48. The van der Waals surface area contributed by atoms with Gasteiger partial charge >= 0.3 is 0 Å². The molecule has 2 amide bonds. The van der Waals surface area contributed by atoms with Gasteiger partial charge in [-0.3, -0.25) is 14.9 Å². The number of carbonyl (C=O) groups is 2. The molecule has 0 saturated carbocycles. The summed E-state index contributed by atoms with van der Waals surface area (Å²) in [7, 11) is 0. The summed E-state index contributed by atoms with van der Waals surface area (Å²) in [4.78, 5) is 19.0. The molecule has 1 N–H and O–H groups in total. The van der Waals surface area contributed by atoms with Gasteiger partial charge in [0.1, 0.15) is 0 Å². The van der Waals surface area contributed by atoms with E-state index in [1.807, 2.05) is 5.32 Å². The van der Waals surface area contributed by atoms with Crippen LogP contribution in [0, 0.1) is 0 Å². The lowest BCUT2D eigenvalue weighted by Crippen LogP contribution is -2.16. The van der Waals surface area contributed by atoms with Crippen molar-refractivity contribution >= 4 is 12.3 Å². The second kappa shape index (κ2) is 2.38. The first-order valence-corrected chi connectivity index (χ1v) is 1.48. The summed E-state index contributed by atoms with van der Waals surface area (Å²) >= 11 is 0. The van der Waals surface area contributed by atoms with Crippen molar-refractivity contribution in [1.29, 1.82) is 0 Å². The Labute approximate surface area is 35.3 Å². The van der Waals surface area contributed by atoms with Gasteiger partial charge < -0.3 is 0 Å². The molecule has 3 nitrogen and oxygen atoms in total. The van der Waals surface area contributed by atoms with Crippen LogP contribution < -0.4 is 5.32 Å². The zero-order valence-electron chi connectivity index (χ0n) is 3.39. The predicted octanol–water partition coefficient (Wildman–Crippen LogP) is -0.721. The average Bonchev–Trinajstić information content (AvgIpc) is 1.35. The van der Waals surface area contributed by atoms with Crippen LogP contribution in [0.1, 0.15) is 6.92 Å². The molecule has 0 heterocycles. The minimum atomic E-state index is -0.329. The molecule has 0 rings (SSSR count). The number of nitrogens with one attached hydrogen (secondary N) is 1. The van der Waals surface area contributed by atoms with Crippen molar-refractivity contribution in [3.63, 3.8) is 0 Å². The van der Waals surface area contributed by atoms with Gasteiger partial charge in [0, 0.05) is 6.92 Å². The van der Waals surface area contributed by atoms with Gasteiger partial charge in [0.2, 0.25) is 12.3 Å². The monoisotopic (exact) mass is 87.0 g/mol. The summed E-state index contributed by atoms with van der Waals surface area (Å²) < 4.78 is 0. The molecule has 0 spiro atoms. The fourth-order valence-electron chi connectivity index (χ4n) is 0.0830. The lowest BCUT2D eigenvalue weighted by molar-refractivity contribution is -0.123. The van der Waals surface area contributed by atoms with Crippen LogP contribution in [0.5, 0.6) is 0 Å². The van der Waals surface area contributed by atoms with Crippen LogP contribution in [0.15, 0.2) is 0 Å². The van der Waals surface area contributed by atoms with Crippen molar-refractivity contribution in [2.24, 2.45) is 0 Å². The standard InChI is InChI=1S/C3H5NO2/c1-3(6)4-2-5/h2H,1H3,(H,4,5,6). The maximum absolute atomic E-state index is 9.70. The van der Waals surface area contributed by atoms with Gasteiger partial charge in [-0.25, -0.2) is 0 Å². The second-order valence-electron chi connectivity index (χ2n) is 0.818. The van der Waals surface area contributed by atoms with Gasteiger partial charge in [0.25, 0.3) is 0 Å². The molecule has 0 bridgehead atoms. The minimum absolute atomic E-state index is 0.329. The number of imide groups is 1. The van der Waals surface area contributed by atoms with Gasteiger partial charge in [-0.15, -0.1) is 0 Å². The number of hydrogen-bond donors (Lipinski definition) is 1. The normalized spacial score (nSPS) is 6.83. The van der Waals surface area contributed by atoms with Crippen molar-refractivity contribution in [3.05, 3.63) is 0 Å². The molecule has 34 valence electrons. The molecule has 0 aromatic heterocycles. The van der Waals surface area contributed by atoms with E-state index < -0.39 is 0 Å². The average molecular weight is 87.1 g/mol. The molecule has 0 unspecified atom stereocenters. The Hall–Kier alpha value is -0.860. The number of hydrogen-bond acceptors (Lipinski definition) is 2. The smallest absolute Gasteiger partial charge is 0.223 e. The van der Waals surface area contributed by atoms with Crippen molar-refractivity contribution in [2.75, 3.05) is 0 Å². The number of rotatable bonds is 1. The Balaban J connectivity index is 3.05. The number of amides is 2. The highest BCUT2D eigenvalue weighted by atomic mass is 16.2. The SMILES string of the molecule is CC(=O)NC=O. The fourth-order valence-corrected chi connectivity index (χ4v) is 0.0830. The Kier molecular flexibility index (Phi) is 2.04. The molecule has 0 aliphatic heterocycles. The van der Waals surface area contributed by atoms with Crippen molar-refractivity contribution in [1.82, 2.24) is 5.32 Å². The van der Waals surface area contributed by atoms with Gasteiger partial charge in [0.05, 0.1) is 0 Å². The molecule has 0 atom stereocenters. The molecule has 0 aliphatic rings. The zero-order valence-corrected chi connectivity index (χ0v) is 3.39. The maximum Gasteiger partial charge on any atom is 0.223 e. The predicted molar refractivity (Wildman–Crippen MR) is 19.9 cm³/mol. The van der Waals surface area contributed by atoms with Crippen LogP contribution in [-0.2, 0) is 9.59 Å². The summed E-state index contributed by atoms with van der Waals surface area (Å²) in [5, 5.41) is 1.89. The highest BCUT2D eigenvalue weighted by Gasteiger charge is 1.79. The highest BCUT2D eigenvalue weighted by Crippen LogP contribution is 1.47. The van der Waals surface area contributed by atoms with E-state index in [-0.39, 0.29) is 5.91 Å². The van der Waals surface area contributed by atoms with Gasteiger partial charge in [-0.2, -0.15) is 0 Å². The molecule has 0 aliphatic carbocycles. The largest absolute Gasteiger partial charge is 0.299 e. The van der Waals surface area contributed by atoms with Crippen molar-refractivity contribution < 1.29 is 9.59 Å².